The summed E-state index contributed by atoms with van der Waals surface area (Å²) in [6, 6.07) is 3.58. The summed E-state index contributed by atoms with van der Waals surface area (Å²) in [6.07, 6.45) is -0.262. The van der Waals surface area contributed by atoms with E-state index >= 15 is 0 Å². The minimum absolute atomic E-state index is 0.0676. The largest absolute Gasteiger partial charge is 0.534 e. The number of carbonyl (C=O) groups excluding carboxylic acids is 1. The fourth-order valence-corrected chi connectivity index (χ4v) is 2.25. The molecule has 0 radical (unpaired) electrons. The molecule has 0 aliphatic carbocycles. The summed E-state index contributed by atoms with van der Waals surface area (Å²) in [5, 5.41) is 0. The Hall–Kier alpha value is -1.97. The number of halogens is 3. The fourth-order valence-electron chi connectivity index (χ4n) is 1.75. The minimum Gasteiger partial charge on any atom is -0.497 e. The van der Waals surface area contributed by atoms with Crippen molar-refractivity contribution in [1.82, 2.24) is 0 Å². The summed E-state index contributed by atoms with van der Waals surface area (Å²) in [6.45, 7) is 5.00. The first-order chi connectivity index (χ1) is 11.2. The van der Waals surface area contributed by atoms with E-state index in [1.807, 2.05) is 0 Å². The second-order valence-corrected chi connectivity index (χ2v) is 7.58. The van der Waals surface area contributed by atoms with Crippen molar-refractivity contribution in [2.75, 3.05) is 7.11 Å². The van der Waals surface area contributed by atoms with E-state index < -0.39 is 32.9 Å². The normalized spacial score (nSPS) is 12.6. The Morgan fingerprint density at radius 1 is 1.16 bits per heavy atom. The Balaban J connectivity index is 3.03. The second-order valence-electron chi connectivity index (χ2n) is 6.04. The summed E-state index contributed by atoms with van der Waals surface area (Å²) < 4.78 is 74.0. The minimum atomic E-state index is -5.82. The first-order valence-corrected chi connectivity index (χ1v) is 8.55. The third-order valence-corrected chi connectivity index (χ3v) is 3.74. The Morgan fingerprint density at radius 2 is 1.76 bits per heavy atom. The maximum absolute atomic E-state index is 12.5. The van der Waals surface area contributed by atoms with Gasteiger partial charge in [0, 0.05) is 12.0 Å². The molecule has 25 heavy (non-hydrogen) atoms. The van der Waals surface area contributed by atoms with E-state index in [-0.39, 0.29) is 24.2 Å². The van der Waals surface area contributed by atoms with E-state index in [9.17, 15) is 26.4 Å². The molecule has 0 spiro atoms. The number of hydrogen-bond donors (Lipinski definition) is 0. The first-order valence-electron chi connectivity index (χ1n) is 7.15. The SMILES string of the molecule is COc1ccc(OS(=O)(=O)C(F)(F)F)c(CCC(=O)OC(C)(C)C)c1. The molecule has 0 saturated carbocycles. The monoisotopic (exact) mass is 384 g/mol. The Morgan fingerprint density at radius 3 is 2.24 bits per heavy atom. The van der Waals surface area contributed by atoms with Gasteiger partial charge in [-0.25, -0.2) is 0 Å². The van der Waals surface area contributed by atoms with Crippen LogP contribution in [-0.4, -0.2) is 32.6 Å². The maximum Gasteiger partial charge on any atom is 0.534 e. The summed E-state index contributed by atoms with van der Waals surface area (Å²) in [7, 11) is -4.48. The summed E-state index contributed by atoms with van der Waals surface area (Å²) in [5.41, 5.74) is -6.21. The van der Waals surface area contributed by atoms with Crippen LogP contribution in [-0.2, 0) is 26.1 Å². The molecule has 1 rings (SSSR count). The number of ether oxygens (including phenoxy) is 2. The van der Waals surface area contributed by atoms with Gasteiger partial charge in [0.05, 0.1) is 7.11 Å². The van der Waals surface area contributed by atoms with Gasteiger partial charge in [0.2, 0.25) is 0 Å². The van der Waals surface area contributed by atoms with Gasteiger partial charge >= 0.3 is 21.6 Å². The second kappa shape index (κ2) is 7.51. The molecule has 1 aromatic carbocycles. The quantitative estimate of drug-likeness (QED) is 0.426. The standard InChI is InChI=1S/C15H19F3O6S/c1-14(2,3)23-13(19)8-5-10-9-11(22-4)6-7-12(10)24-25(20,21)15(16,17)18/h6-7,9H,5,8H2,1-4H3. The van der Waals surface area contributed by atoms with Crippen molar-refractivity contribution in [1.29, 1.82) is 0 Å². The van der Waals surface area contributed by atoms with Gasteiger partial charge in [0.15, 0.2) is 0 Å². The Kier molecular flexibility index (Phi) is 6.33. The molecule has 6 nitrogen and oxygen atoms in total. The molecule has 0 bridgehead atoms. The van der Waals surface area contributed by atoms with Crippen LogP contribution >= 0.6 is 0 Å². The van der Waals surface area contributed by atoms with Crippen molar-refractivity contribution < 1.29 is 40.0 Å². The first kappa shape index (κ1) is 21.1. The van der Waals surface area contributed by atoms with Crippen molar-refractivity contribution in [3.8, 4) is 11.5 Å². The number of alkyl halides is 3. The lowest BCUT2D eigenvalue weighted by Gasteiger charge is -2.19. The molecule has 0 N–H and O–H groups in total. The highest BCUT2D eigenvalue weighted by atomic mass is 32.2. The van der Waals surface area contributed by atoms with E-state index in [0.717, 1.165) is 6.07 Å². The lowest BCUT2D eigenvalue weighted by molar-refractivity contribution is -0.154. The van der Waals surface area contributed by atoms with Gasteiger partial charge in [-0.2, -0.15) is 21.6 Å². The van der Waals surface area contributed by atoms with E-state index in [0.29, 0.717) is 0 Å². The summed E-state index contributed by atoms with van der Waals surface area (Å²) >= 11 is 0. The van der Waals surface area contributed by atoms with Crippen LogP contribution in [0.15, 0.2) is 18.2 Å². The lowest BCUT2D eigenvalue weighted by atomic mass is 10.1. The lowest BCUT2D eigenvalue weighted by Crippen LogP contribution is -2.28. The van der Waals surface area contributed by atoms with Crippen LogP contribution in [0, 0.1) is 0 Å². The van der Waals surface area contributed by atoms with E-state index in [1.165, 1.54) is 19.2 Å². The maximum atomic E-state index is 12.5. The molecule has 0 aliphatic heterocycles. The van der Waals surface area contributed by atoms with Gasteiger partial charge in [-0.1, -0.05) is 0 Å². The molecule has 0 aliphatic rings. The van der Waals surface area contributed by atoms with Gasteiger partial charge in [-0.05, 0) is 45.4 Å². The molecule has 1 aromatic rings. The topological polar surface area (TPSA) is 78.9 Å². The zero-order valence-corrected chi connectivity index (χ0v) is 15.0. The number of rotatable bonds is 6. The van der Waals surface area contributed by atoms with E-state index in [1.54, 1.807) is 20.8 Å². The van der Waals surface area contributed by atoms with Crippen molar-refractivity contribution in [3.05, 3.63) is 23.8 Å². The van der Waals surface area contributed by atoms with Crippen LogP contribution in [0.3, 0.4) is 0 Å². The molecule has 0 amide bonds. The molecular formula is C15H19F3O6S. The molecular weight excluding hydrogens is 365 g/mol. The van der Waals surface area contributed by atoms with Crippen LogP contribution in [0.25, 0.3) is 0 Å². The van der Waals surface area contributed by atoms with E-state index in [2.05, 4.69) is 4.18 Å². The van der Waals surface area contributed by atoms with Gasteiger partial charge < -0.3 is 13.7 Å². The average molecular weight is 384 g/mol. The number of hydrogen-bond acceptors (Lipinski definition) is 6. The van der Waals surface area contributed by atoms with Crippen molar-refractivity contribution in [2.45, 2.75) is 44.7 Å². The molecule has 0 atom stereocenters. The molecule has 0 aromatic heterocycles. The highest BCUT2D eigenvalue weighted by Gasteiger charge is 2.48. The summed E-state index contributed by atoms with van der Waals surface area (Å²) in [4.78, 5) is 11.7. The van der Waals surface area contributed by atoms with Crippen LogP contribution < -0.4 is 8.92 Å². The average Bonchev–Trinajstić information content (AvgIpc) is 2.42. The fraction of sp³-hybridized carbons (Fsp3) is 0.533. The predicted octanol–water partition coefficient (Wildman–Crippen LogP) is 3.20. The van der Waals surface area contributed by atoms with Crippen LogP contribution in [0.4, 0.5) is 13.2 Å². The third-order valence-electron chi connectivity index (χ3n) is 2.77. The number of methoxy groups -OCH3 is 1. The zero-order chi connectivity index (χ0) is 19.5. The highest BCUT2D eigenvalue weighted by Crippen LogP contribution is 2.31. The number of esters is 1. The van der Waals surface area contributed by atoms with Crippen LogP contribution in [0.2, 0.25) is 0 Å². The van der Waals surface area contributed by atoms with Crippen molar-refractivity contribution in [2.24, 2.45) is 0 Å². The molecule has 142 valence electrons. The van der Waals surface area contributed by atoms with Gasteiger partial charge in [-0.15, -0.1) is 0 Å². The third kappa shape index (κ3) is 6.45. The molecule has 0 heterocycles. The highest BCUT2D eigenvalue weighted by molar-refractivity contribution is 7.88. The molecule has 10 heteroatoms. The summed E-state index contributed by atoms with van der Waals surface area (Å²) in [5.74, 6) is -0.836. The number of carbonyl (C=O) groups is 1. The Labute approximate surface area is 144 Å². The van der Waals surface area contributed by atoms with Crippen molar-refractivity contribution >= 4 is 16.1 Å². The van der Waals surface area contributed by atoms with Gasteiger partial charge in [0.1, 0.15) is 17.1 Å². The smallest absolute Gasteiger partial charge is 0.497 e. The Bertz CT molecular complexity index is 720. The van der Waals surface area contributed by atoms with Crippen molar-refractivity contribution in [3.63, 3.8) is 0 Å². The predicted molar refractivity (Wildman–Crippen MR) is 82.8 cm³/mol. The number of benzene rings is 1. The molecule has 0 fully saturated rings. The zero-order valence-electron chi connectivity index (χ0n) is 14.1. The molecule has 0 unspecified atom stereocenters. The molecule has 0 saturated heterocycles. The van der Waals surface area contributed by atoms with E-state index in [4.69, 9.17) is 9.47 Å². The van der Waals surface area contributed by atoms with Crippen LogP contribution in [0.1, 0.15) is 32.8 Å². The number of aryl methyl sites for hydroxylation is 1. The van der Waals surface area contributed by atoms with Gasteiger partial charge in [-0.3, -0.25) is 4.79 Å². The van der Waals surface area contributed by atoms with Gasteiger partial charge in [0.25, 0.3) is 0 Å². The van der Waals surface area contributed by atoms with Crippen LogP contribution in [0.5, 0.6) is 11.5 Å².